The van der Waals surface area contributed by atoms with Gasteiger partial charge in [0, 0.05) is 0 Å². The van der Waals surface area contributed by atoms with Crippen LogP contribution in [0.15, 0.2) is 24.3 Å². The van der Waals surface area contributed by atoms with Gasteiger partial charge in [0.2, 0.25) is 0 Å². The Morgan fingerprint density at radius 3 is 2.57 bits per heavy atom. The van der Waals surface area contributed by atoms with Gasteiger partial charge in [0.25, 0.3) is 6.47 Å². The topological polar surface area (TPSA) is 26.3 Å². The molecule has 2 heteroatoms. The van der Waals surface area contributed by atoms with Crippen LogP contribution in [0.5, 0.6) is 0 Å². The van der Waals surface area contributed by atoms with Crippen LogP contribution in [-0.4, -0.2) is 13.1 Å². The van der Waals surface area contributed by atoms with Gasteiger partial charge in [-0.15, -0.1) is 0 Å². The average molecular weight is 196 g/mol. The second kappa shape index (κ2) is 8.54. The zero-order valence-corrected chi connectivity index (χ0v) is 9.16. The van der Waals surface area contributed by atoms with Gasteiger partial charge < -0.3 is 4.74 Å². The van der Waals surface area contributed by atoms with E-state index in [1.807, 2.05) is 0 Å². The van der Waals surface area contributed by atoms with Crippen molar-refractivity contribution in [2.24, 2.45) is 5.92 Å². The monoisotopic (exact) mass is 196 g/mol. The molecule has 0 aromatic heterocycles. The van der Waals surface area contributed by atoms with Crippen molar-refractivity contribution in [3.8, 4) is 0 Å². The number of hydrogen-bond acceptors (Lipinski definition) is 2. The average Bonchev–Trinajstić information content (AvgIpc) is 2.21. The van der Waals surface area contributed by atoms with Crippen LogP contribution in [0.1, 0.15) is 33.1 Å². The molecule has 0 radical (unpaired) electrons. The lowest BCUT2D eigenvalue weighted by atomic mass is 9.89. The third-order valence-electron chi connectivity index (χ3n) is 2.20. The Bertz CT molecular complexity index is 194. The Morgan fingerprint density at radius 2 is 2.36 bits per heavy atom. The highest BCUT2D eigenvalue weighted by atomic mass is 16.5. The quantitative estimate of drug-likeness (QED) is 0.512. The minimum absolute atomic E-state index is 0.431. The molecule has 0 saturated carbocycles. The van der Waals surface area contributed by atoms with Crippen LogP contribution in [-0.2, 0) is 9.53 Å². The molecular weight excluding hydrogens is 176 g/mol. The first-order valence-corrected chi connectivity index (χ1v) is 5.08. The van der Waals surface area contributed by atoms with Crippen LogP contribution >= 0.6 is 0 Å². The molecule has 2 nitrogen and oxygen atoms in total. The maximum atomic E-state index is 9.18. The normalized spacial score (nSPS) is 19.1. The van der Waals surface area contributed by atoms with E-state index in [0.717, 1.165) is 5.92 Å². The van der Waals surface area contributed by atoms with Crippen molar-refractivity contribution in [3.63, 3.8) is 0 Å². The summed E-state index contributed by atoms with van der Waals surface area (Å²) in [6.07, 6.45) is 8.31. The van der Waals surface area contributed by atoms with E-state index in [4.69, 9.17) is 0 Å². The molecular formula is C12H20O2. The number of ether oxygens (including phenoxy) is 1. The molecule has 0 bridgehead atoms. The van der Waals surface area contributed by atoms with Crippen molar-refractivity contribution in [3.05, 3.63) is 24.3 Å². The van der Waals surface area contributed by atoms with E-state index in [-0.39, 0.29) is 0 Å². The molecule has 0 spiro atoms. The molecule has 0 aromatic rings. The van der Waals surface area contributed by atoms with Crippen LogP contribution < -0.4 is 0 Å². The highest BCUT2D eigenvalue weighted by Crippen LogP contribution is 2.23. The van der Waals surface area contributed by atoms with E-state index in [0.29, 0.717) is 13.1 Å². The van der Waals surface area contributed by atoms with Crippen molar-refractivity contribution in [1.29, 1.82) is 0 Å². The van der Waals surface area contributed by atoms with E-state index < -0.39 is 0 Å². The summed E-state index contributed by atoms with van der Waals surface area (Å²) < 4.78 is 4.15. The molecule has 0 aliphatic heterocycles. The number of carbonyl (C=O) groups excluding carboxylic acids is 1. The molecule has 0 amide bonds. The summed E-state index contributed by atoms with van der Waals surface area (Å²) >= 11 is 0. The lowest BCUT2D eigenvalue weighted by Crippen LogP contribution is -2.02. The first-order valence-electron chi connectivity index (χ1n) is 5.08. The minimum Gasteiger partial charge on any atom is -0.468 e. The summed E-state index contributed by atoms with van der Waals surface area (Å²) in [6, 6.07) is 0. The number of rotatable bonds is 3. The van der Waals surface area contributed by atoms with Crippen molar-refractivity contribution >= 4 is 6.47 Å². The molecule has 1 unspecified atom stereocenters. The lowest BCUT2D eigenvalue weighted by molar-refractivity contribution is -0.128. The van der Waals surface area contributed by atoms with Gasteiger partial charge in [0.15, 0.2) is 0 Å². The Kier molecular flexibility index (Phi) is 7.90. The first kappa shape index (κ1) is 12.9. The summed E-state index contributed by atoms with van der Waals surface area (Å²) in [7, 11) is 0. The predicted molar refractivity (Wildman–Crippen MR) is 59.0 cm³/mol. The fraction of sp³-hybridized carbons (Fsp3) is 0.583. The van der Waals surface area contributed by atoms with Crippen molar-refractivity contribution in [1.82, 2.24) is 0 Å². The van der Waals surface area contributed by atoms with E-state index in [1.165, 1.54) is 24.8 Å². The second-order valence-electron chi connectivity index (χ2n) is 3.38. The van der Waals surface area contributed by atoms with Crippen molar-refractivity contribution < 1.29 is 9.53 Å². The van der Waals surface area contributed by atoms with E-state index >= 15 is 0 Å². The Balaban J connectivity index is 0.000000292. The van der Waals surface area contributed by atoms with Gasteiger partial charge in [-0.25, -0.2) is 0 Å². The number of allylic oxidation sites excluding steroid dienone is 3. The predicted octanol–water partition coefficient (Wildman–Crippen LogP) is 3.10. The molecule has 0 saturated heterocycles. The Labute approximate surface area is 86.6 Å². The fourth-order valence-electron chi connectivity index (χ4n) is 1.31. The van der Waals surface area contributed by atoms with E-state index in [2.05, 4.69) is 30.4 Å². The minimum atomic E-state index is 0.431. The molecule has 0 heterocycles. The van der Waals surface area contributed by atoms with Gasteiger partial charge in [0.05, 0.1) is 6.61 Å². The maximum Gasteiger partial charge on any atom is 0.293 e. The highest BCUT2D eigenvalue weighted by molar-refractivity contribution is 5.36. The molecule has 80 valence electrons. The SMILES string of the molecule is C=C(C)C1CC=CCC1.CCOC=O. The largest absolute Gasteiger partial charge is 0.468 e. The van der Waals surface area contributed by atoms with Gasteiger partial charge in [-0.05, 0) is 39.0 Å². The standard InChI is InChI=1S/C9H14.C3H6O2/c1-8(2)9-6-4-3-5-7-9;1-2-5-3-4/h3-4,9H,1,5-7H2,2H3;3H,2H2,1H3. The highest BCUT2D eigenvalue weighted by Gasteiger charge is 2.08. The zero-order chi connectivity index (χ0) is 10.8. The molecule has 0 N–H and O–H groups in total. The summed E-state index contributed by atoms with van der Waals surface area (Å²) in [6.45, 7) is 8.74. The van der Waals surface area contributed by atoms with Gasteiger partial charge in [-0.1, -0.05) is 24.3 Å². The molecule has 1 atom stereocenters. The summed E-state index contributed by atoms with van der Waals surface area (Å²) in [5, 5.41) is 0. The Morgan fingerprint density at radius 1 is 1.64 bits per heavy atom. The first-order chi connectivity index (χ1) is 6.72. The zero-order valence-electron chi connectivity index (χ0n) is 9.16. The third kappa shape index (κ3) is 6.46. The van der Waals surface area contributed by atoms with Gasteiger partial charge in [-0.3, -0.25) is 4.79 Å². The molecule has 0 fully saturated rings. The Hall–Kier alpha value is -1.05. The van der Waals surface area contributed by atoms with Crippen LogP contribution in [0.25, 0.3) is 0 Å². The third-order valence-corrected chi connectivity index (χ3v) is 2.20. The molecule has 1 rings (SSSR count). The van der Waals surface area contributed by atoms with Crippen LogP contribution in [0.3, 0.4) is 0 Å². The number of hydrogen-bond donors (Lipinski definition) is 0. The maximum absolute atomic E-state index is 9.18. The lowest BCUT2D eigenvalue weighted by Gasteiger charge is -2.16. The smallest absolute Gasteiger partial charge is 0.293 e. The molecule has 14 heavy (non-hydrogen) atoms. The second-order valence-corrected chi connectivity index (χ2v) is 3.38. The molecule has 1 aliphatic carbocycles. The summed E-state index contributed by atoms with van der Waals surface area (Å²) in [5.74, 6) is 0.773. The van der Waals surface area contributed by atoms with E-state index in [9.17, 15) is 4.79 Å². The number of carbonyl (C=O) groups is 1. The fourth-order valence-corrected chi connectivity index (χ4v) is 1.31. The van der Waals surface area contributed by atoms with Gasteiger partial charge in [0.1, 0.15) is 0 Å². The van der Waals surface area contributed by atoms with E-state index in [1.54, 1.807) is 6.92 Å². The van der Waals surface area contributed by atoms with Gasteiger partial charge in [-0.2, -0.15) is 0 Å². The van der Waals surface area contributed by atoms with Crippen molar-refractivity contribution in [2.45, 2.75) is 33.1 Å². The summed E-state index contributed by atoms with van der Waals surface area (Å²) in [5.41, 5.74) is 1.35. The van der Waals surface area contributed by atoms with Crippen LogP contribution in [0.2, 0.25) is 0 Å². The van der Waals surface area contributed by atoms with Crippen LogP contribution in [0, 0.1) is 5.92 Å². The molecule has 0 aromatic carbocycles. The summed E-state index contributed by atoms with van der Waals surface area (Å²) in [4.78, 5) is 9.18. The van der Waals surface area contributed by atoms with Crippen LogP contribution in [0.4, 0.5) is 0 Å². The molecule has 1 aliphatic rings. The van der Waals surface area contributed by atoms with Crippen molar-refractivity contribution in [2.75, 3.05) is 6.61 Å². The van der Waals surface area contributed by atoms with Gasteiger partial charge >= 0.3 is 0 Å².